The molecule has 4 N–H and O–H groups in total. The minimum absolute atomic E-state index is 0.0510. The van der Waals surface area contributed by atoms with Crippen LogP contribution in [0.2, 0.25) is 0 Å². The first-order valence-corrected chi connectivity index (χ1v) is 14.3. The van der Waals surface area contributed by atoms with E-state index in [9.17, 15) is 27.0 Å². The summed E-state index contributed by atoms with van der Waals surface area (Å²) >= 11 is 0. The van der Waals surface area contributed by atoms with Crippen molar-refractivity contribution in [1.82, 2.24) is 0 Å². The lowest BCUT2D eigenvalue weighted by atomic mass is 9.84. The molecule has 1 fully saturated rings. The van der Waals surface area contributed by atoms with Crippen LogP contribution in [0.25, 0.3) is 0 Å². The van der Waals surface area contributed by atoms with Crippen LogP contribution in [0, 0.1) is 5.53 Å². The molecule has 3 aromatic rings. The van der Waals surface area contributed by atoms with Crippen molar-refractivity contribution < 1.29 is 27.0 Å². The van der Waals surface area contributed by atoms with Crippen LogP contribution in [-0.2, 0) is 17.3 Å². The van der Waals surface area contributed by atoms with Gasteiger partial charge in [-0.25, -0.2) is 14.5 Å². The third kappa shape index (κ3) is 7.87. The van der Waals surface area contributed by atoms with Crippen molar-refractivity contribution in [3.8, 4) is 0 Å². The fraction of sp³-hybridized carbons (Fsp3) is 0.276. The minimum atomic E-state index is -4.94. The first-order valence-electron chi connectivity index (χ1n) is 13.2. The summed E-state index contributed by atoms with van der Waals surface area (Å²) in [5.41, 5.74) is 9.84. The maximum absolute atomic E-state index is 13.5. The van der Waals surface area contributed by atoms with E-state index in [4.69, 9.17) is 11.3 Å². The summed E-state index contributed by atoms with van der Waals surface area (Å²) in [6.45, 7) is 0.0602. The van der Waals surface area contributed by atoms with Gasteiger partial charge < -0.3 is 11.1 Å². The van der Waals surface area contributed by atoms with Crippen molar-refractivity contribution in [2.75, 3.05) is 10.2 Å². The molecule has 13 heteroatoms. The number of aliphatic imine (C=N–C) groups is 1. The Morgan fingerprint density at radius 2 is 1.67 bits per heavy atom. The molecule has 0 saturated heterocycles. The summed E-state index contributed by atoms with van der Waals surface area (Å²) in [6.07, 6.45) is 5.79. The van der Waals surface area contributed by atoms with Gasteiger partial charge in [0.15, 0.2) is 10.8 Å². The van der Waals surface area contributed by atoms with Gasteiger partial charge in [-0.3, -0.25) is 9.69 Å². The van der Waals surface area contributed by atoms with E-state index in [1.807, 2.05) is 24.3 Å². The topological polar surface area (TPSA) is 141 Å². The number of amides is 3. The quantitative estimate of drug-likeness (QED) is 0.152. The first kappa shape index (κ1) is 30.6. The number of alkyl halides is 3. The lowest BCUT2D eigenvalue weighted by Gasteiger charge is -2.26. The molecule has 1 atom stereocenters. The second-order valence-corrected chi connectivity index (χ2v) is 11.2. The number of urea groups is 1. The Morgan fingerprint density at radius 3 is 2.29 bits per heavy atom. The molecule has 1 unspecified atom stereocenters. The van der Waals surface area contributed by atoms with Crippen LogP contribution in [0.1, 0.15) is 59.5 Å². The number of hydrogen-bond acceptors (Lipinski definition) is 4. The molecule has 0 aliphatic heterocycles. The maximum Gasteiger partial charge on any atom is 0.475 e. The zero-order chi connectivity index (χ0) is 30.3. The average molecular weight is 599 g/mol. The van der Waals surface area contributed by atoms with Crippen molar-refractivity contribution in [1.29, 1.82) is 5.53 Å². The van der Waals surface area contributed by atoms with Gasteiger partial charge in [-0.05, 0) is 72.4 Å². The molecule has 220 valence electrons. The third-order valence-corrected chi connectivity index (χ3v) is 8.01. The summed E-state index contributed by atoms with van der Waals surface area (Å²) in [5, 5.41) is 5.51. The molecule has 1 aliphatic carbocycles. The number of nitrogens with two attached hydrogens (primary N) is 1. The second kappa shape index (κ2) is 13.5. The van der Waals surface area contributed by atoms with Crippen LogP contribution in [0.4, 0.5) is 29.3 Å². The molecule has 0 spiro atoms. The molecule has 0 heterocycles. The van der Waals surface area contributed by atoms with E-state index in [1.165, 1.54) is 54.0 Å². The molecule has 0 aromatic heterocycles. The third-order valence-electron chi connectivity index (χ3n) is 6.91. The van der Waals surface area contributed by atoms with Gasteiger partial charge in [-0.15, -0.1) is 5.11 Å². The average Bonchev–Trinajstić information content (AvgIpc) is 2.99. The highest BCUT2D eigenvalue weighted by Crippen LogP contribution is 2.34. The molecular weight excluding hydrogens is 569 g/mol. The molecule has 3 amide bonds. The number of nitrogens with one attached hydrogen (secondary N) is 2. The van der Waals surface area contributed by atoms with E-state index in [0.717, 1.165) is 25.0 Å². The van der Waals surface area contributed by atoms with E-state index in [2.05, 4.69) is 15.4 Å². The first-order chi connectivity index (χ1) is 20.0. The fourth-order valence-electron chi connectivity index (χ4n) is 4.79. The van der Waals surface area contributed by atoms with E-state index >= 15 is 0 Å². The highest BCUT2D eigenvalue weighted by molar-refractivity contribution is 7.86. The molecular formula is C29H29F3N6O3S. The minimum Gasteiger partial charge on any atom is -0.366 e. The number of carbonyl (C=O) groups is 2. The van der Waals surface area contributed by atoms with Gasteiger partial charge in [0.1, 0.15) is 0 Å². The van der Waals surface area contributed by atoms with Crippen molar-refractivity contribution in [3.63, 3.8) is 0 Å². The number of anilines is 2. The largest absolute Gasteiger partial charge is 0.475 e. The van der Waals surface area contributed by atoms with E-state index < -0.39 is 39.1 Å². The second-order valence-electron chi connectivity index (χ2n) is 9.77. The number of carbonyl (C=O) groups excluding carboxylic acids is 2. The van der Waals surface area contributed by atoms with Crippen molar-refractivity contribution >= 4 is 40.1 Å². The number of benzene rings is 3. The van der Waals surface area contributed by atoms with Crippen LogP contribution in [0.3, 0.4) is 0 Å². The lowest BCUT2D eigenvalue weighted by molar-refractivity contribution is -0.0384. The molecule has 42 heavy (non-hydrogen) atoms. The van der Waals surface area contributed by atoms with Gasteiger partial charge in [-0.1, -0.05) is 49.6 Å². The Balaban J connectivity index is 1.59. The van der Waals surface area contributed by atoms with Crippen LogP contribution >= 0.6 is 0 Å². The molecule has 0 radical (unpaired) electrons. The number of nitrogens with zero attached hydrogens (tertiary/aromatic N) is 3. The molecule has 3 aromatic carbocycles. The van der Waals surface area contributed by atoms with Gasteiger partial charge in [0, 0.05) is 21.8 Å². The van der Waals surface area contributed by atoms with Gasteiger partial charge in [-0.2, -0.15) is 18.2 Å². The van der Waals surface area contributed by atoms with Crippen molar-refractivity contribution in [2.24, 2.45) is 15.8 Å². The Hall–Kier alpha value is -4.39. The Kier molecular flexibility index (Phi) is 9.84. The van der Waals surface area contributed by atoms with Crippen LogP contribution in [-0.4, -0.2) is 27.6 Å². The normalized spacial score (nSPS) is 15.1. The summed E-state index contributed by atoms with van der Waals surface area (Å²) in [6, 6.07) is 18.1. The van der Waals surface area contributed by atoms with E-state index in [-0.39, 0.29) is 17.8 Å². The van der Waals surface area contributed by atoms with Crippen molar-refractivity contribution in [3.05, 3.63) is 89.5 Å². The maximum atomic E-state index is 13.5. The zero-order valence-corrected chi connectivity index (χ0v) is 23.3. The number of guanidine groups is 1. The number of halogens is 3. The van der Waals surface area contributed by atoms with Gasteiger partial charge in [0.25, 0.3) is 5.91 Å². The van der Waals surface area contributed by atoms with Crippen LogP contribution in [0.5, 0.6) is 0 Å². The van der Waals surface area contributed by atoms with Crippen molar-refractivity contribution in [2.45, 2.75) is 55.0 Å². The highest BCUT2D eigenvalue weighted by atomic mass is 32.2. The van der Waals surface area contributed by atoms with E-state index in [0.29, 0.717) is 17.2 Å². The predicted octanol–water partition coefficient (Wildman–Crippen LogP) is 7.09. The predicted molar refractivity (Wildman–Crippen MR) is 154 cm³/mol. The van der Waals surface area contributed by atoms with Crippen LogP contribution in [0.15, 0.2) is 87.8 Å². The summed E-state index contributed by atoms with van der Waals surface area (Å²) in [7, 11) is -3.25. The molecule has 9 nitrogen and oxygen atoms in total. The highest BCUT2D eigenvalue weighted by Gasteiger charge is 2.38. The standard InChI is InChI=1S/C29H29F3N6O3S/c30-29(31,32)42(41)25-8-4-7-23(17-25)35-28(40)38(24-15-13-21(14-16-24)20-5-2-1-3-6-20)18-19-9-11-22(12-10-19)26(39)36-27(33)37-34/h4,7-17,20,34H,1-3,5-6,18H2,(H,35,40)(H2,33,36,39). The summed E-state index contributed by atoms with van der Waals surface area (Å²) < 4.78 is 50.8. The van der Waals surface area contributed by atoms with Crippen LogP contribution < -0.4 is 16.0 Å². The molecule has 1 saturated carbocycles. The summed E-state index contributed by atoms with van der Waals surface area (Å²) in [4.78, 5) is 30.2. The SMILES string of the molecule is N=NC(N)=NC(=O)c1ccc(CN(C(=O)Nc2cccc(S(=O)C(F)(F)F)c2)c2ccc(C3CCCCC3)cc2)cc1. The summed E-state index contributed by atoms with van der Waals surface area (Å²) in [5.74, 6) is -0.706. The molecule has 1 aliphatic rings. The van der Waals surface area contributed by atoms with Gasteiger partial charge >= 0.3 is 11.5 Å². The Bertz CT molecular complexity index is 1490. The van der Waals surface area contributed by atoms with E-state index in [1.54, 1.807) is 12.1 Å². The fourth-order valence-corrected chi connectivity index (χ4v) is 5.49. The lowest BCUT2D eigenvalue weighted by Crippen LogP contribution is -2.34. The molecule has 0 bridgehead atoms. The number of rotatable bonds is 7. The Morgan fingerprint density at radius 1 is 1.00 bits per heavy atom. The molecule has 4 rings (SSSR count). The Labute approximate surface area is 243 Å². The zero-order valence-electron chi connectivity index (χ0n) is 22.4. The number of hydrogen-bond donors (Lipinski definition) is 3. The monoisotopic (exact) mass is 598 g/mol. The smallest absolute Gasteiger partial charge is 0.366 e. The van der Waals surface area contributed by atoms with Gasteiger partial charge in [0.2, 0.25) is 5.96 Å². The van der Waals surface area contributed by atoms with Gasteiger partial charge in [0.05, 0.1) is 6.54 Å².